The summed E-state index contributed by atoms with van der Waals surface area (Å²) in [6.45, 7) is 1.38. The number of aromatic nitrogens is 2. The number of rotatable bonds is 3. The maximum atomic E-state index is 12.5. The molecular weight excluding hydrogens is 306 g/mol. The van der Waals surface area contributed by atoms with Crippen molar-refractivity contribution in [3.05, 3.63) is 18.7 Å². The fourth-order valence-electron chi connectivity index (χ4n) is 3.27. The minimum absolute atomic E-state index is 0.00775. The minimum atomic E-state index is -3.23. The Bertz CT molecular complexity index is 675. The maximum absolute atomic E-state index is 12.5. The van der Waals surface area contributed by atoms with Gasteiger partial charge in [0.05, 0.1) is 31.8 Å². The van der Waals surface area contributed by atoms with Crippen LogP contribution in [0.5, 0.6) is 0 Å². The summed E-state index contributed by atoms with van der Waals surface area (Å²) in [6, 6.07) is 0. The Morgan fingerprint density at radius 2 is 2.14 bits per heavy atom. The average molecular weight is 325 g/mol. The molecule has 1 spiro atoms. The second-order valence-corrected chi connectivity index (χ2v) is 8.93. The van der Waals surface area contributed by atoms with Gasteiger partial charge in [0.2, 0.25) is 5.91 Å². The summed E-state index contributed by atoms with van der Waals surface area (Å²) in [7, 11) is -3.23. The molecule has 0 N–H and O–H groups in total. The third kappa shape index (κ3) is 2.44. The number of carbonyl (C=O) groups excluding carboxylic acids is 1. The molecule has 1 aromatic rings. The van der Waals surface area contributed by atoms with E-state index in [1.54, 1.807) is 28.2 Å². The number of hydrogen-bond donors (Lipinski definition) is 0. The SMILES string of the molecule is O=C(C1CC1)N1CC2(C1)CS(=O)(=O)[C@@H](Cn1ccnc1)CO2. The first-order valence-corrected chi connectivity index (χ1v) is 9.29. The number of nitrogens with zero attached hydrogens (tertiary/aromatic N) is 3. The van der Waals surface area contributed by atoms with Crippen LogP contribution in [0.4, 0.5) is 0 Å². The predicted molar refractivity (Wildman–Crippen MR) is 77.8 cm³/mol. The van der Waals surface area contributed by atoms with Crippen molar-refractivity contribution in [3.63, 3.8) is 0 Å². The molecular formula is C14H19N3O4S. The largest absolute Gasteiger partial charge is 0.369 e. The lowest BCUT2D eigenvalue weighted by atomic mass is 9.95. The maximum Gasteiger partial charge on any atom is 0.225 e. The lowest BCUT2D eigenvalue weighted by Crippen LogP contribution is -2.70. The summed E-state index contributed by atoms with van der Waals surface area (Å²) < 4.78 is 32.7. The summed E-state index contributed by atoms with van der Waals surface area (Å²) >= 11 is 0. The van der Waals surface area contributed by atoms with Crippen molar-refractivity contribution >= 4 is 15.7 Å². The number of ether oxygens (including phenoxy) is 1. The van der Waals surface area contributed by atoms with Gasteiger partial charge in [0.15, 0.2) is 9.84 Å². The molecule has 2 aliphatic heterocycles. The van der Waals surface area contributed by atoms with Gasteiger partial charge in [-0.1, -0.05) is 0 Å². The van der Waals surface area contributed by atoms with E-state index in [2.05, 4.69) is 4.98 Å². The first-order chi connectivity index (χ1) is 10.5. The Hall–Kier alpha value is -1.41. The first-order valence-electron chi connectivity index (χ1n) is 7.58. The molecule has 1 aliphatic carbocycles. The Morgan fingerprint density at radius 1 is 1.36 bits per heavy atom. The van der Waals surface area contributed by atoms with Gasteiger partial charge < -0.3 is 14.2 Å². The summed E-state index contributed by atoms with van der Waals surface area (Å²) in [5, 5.41) is -0.541. The van der Waals surface area contributed by atoms with Crippen LogP contribution in [0, 0.1) is 5.92 Å². The molecule has 3 aliphatic rings. The predicted octanol–water partition coefficient (Wildman–Crippen LogP) is -0.312. The van der Waals surface area contributed by atoms with Crippen molar-refractivity contribution < 1.29 is 17.9 Å². The van der Waals surface area contributed by atoms with E-state index in [1.165, 1.54) is 0 Å². The molecule has 2 saturated heterocycles. The molecule has 0 radical (unpaired) electrons. The van der Waals surface area contributed by atoms with Crippen LogP contribution in [-0.4, -0.2) is 65.1 Å². The van der Waals surface area contributed by atoms with E-state index in [0.717, 1.165) is 12.8 Å². The average Bonchev–Trinajstić information content (AvgIpc) is 3.15. The minimum Gasteiger partial charge on any atom is -0.369 e. The highest BCUT2D eigenvalue weighted by Gasteiger charge is 2.55. The zero-order chi connectivity index (χ0) is 15.4. The number of amides is 1. The van der Waals surface area contributed by atoms with Gasteiger partial charge in [-0.05, 0) is 12.8 Å². The van der Waals surface area contributed by atoms with Gasteiger partial charge in [0, 0.05) is 24.9 Å². The molecule has 0 unspecified atom stereocenters. The van der Waals surface area contributed by atoms with Gasteiger partial charge in [-0.3, -0.25) is 4.79 Å². The van der Waals surface area contributed by atoms with Gasteiger partial charge >= 0.3 is 0 Å². The van der Waals surface area contributed by atoms with Gasteiger partial charge in [-0.25, -0.2) is 13.4 Å². The quantitative estimate of drug-likeness (QED) is 0.761. The molecule has 8 heteroatoms. The highest BCUT2D eigenvalue weighted by molar-refractivity contribution is 7.92. The number of sulfone groups is 1. The zero-order valence-corrected chi connectivity index (χ0v) is 13.0. The van der Waals surface area contributed by atoms with E-state index >= 15 is 0 Å². The molecule has 3 heterocycles. The van der Waals surface area contributed by atoms with Crippen LogP contribution in [-0.2, 0) is 25.9 Å². The number of hydrogen-bond acceptors (Lipinski definition) is 5. The Labute approximate surface area is 129 Å². The van der Waals surface area contributed by atoms with Gasteiger partial charge in [0.1, 0.15) is 10.9 Å². The smallest absolute Gasteiger partial charge is 0.225 e. The van der Waals surface area contributed by atoms with Crippen LogP contribution < -0.4 is 0 Å². The fraction of sp³-hybridized carbons (Fsp3) is 0.714. The third-order valence-corrected chi connectivity index (χ3v) is 6.95. The summed E-state index contributed by atoms with van der Waals surface area (Å²) in [5.74, 6) is 0.340. The van der Waals surface area contributed by atoms with Crippen LogP contribution in [0.15, 0.2) is 18.7 Å². The van der Waals surface area contributed by atoms with Gasteiger partial charge in [0.25, 0.3) is 0 Å². The lowest BCUT2D eigenvalue weighted by Gasteiger charge is -2.52. The van der Waals surface area contributed by atoms with Crippen molar-refractivity contribution in [2.45, 2.75) is 30.2 Å². The van der Waals surface area contributed by atoms with Crippen LogP contribution in [0.1, 0.15) is 12.8 Å². The van der Waals surface area contributed by atoms with Crippen LogP contribution >= 0.6 is 0 Å². The first kappa shape index (κ1) is 14.2. The lowest BCUT2D eigenvalue weighted by molar-refractivity contribution is -0.166. The highest BCUT2D eigenvalue weighted by atomic mass is 32.2. The molecule has 1 amide bonds. The summed E-state index contributed by atoms with van der Waals surface area (Å²) in [5.41, 5.74) is -0.672. The van der Waals surface area contributed by atoms with Crippen molar-refractivity contribution in [1.82, 2.24) is 14.5 Å². The molecule has 22 heavy (non-hydrogen) atoms. The molecule has 1 atom stereocenters. The molecule has 0 bridgehead atoms. The normalized spacial score (nSPS) is 29.3. The molecule has 1 saturated carbocycles. The van der Waals surface area contributed by atoms with Crippen LogP contribution in [0.25, 0.3) is 0 Å². The second kappa shape index (κ2) is 4.79. The monoisotopic (exact) mass is 325 g/mol. The molecule has 1 aromatic heterocycles. The Morgan fingerprint density at radius 3 is 2.73 bits per heavy atom. The number of imidazole rings is 1. The number of carbonyl (C=O) groups is 1. The second-order valence-electron chi connectivity index (χ2n) is 6.65. The summed E-state index contributed by atoms with van der Waals surface area (Å²) in [6.07, 6.45) is 6.92. The molecule has 7 nitrogen and oxygen atoms in total. The molecule has 3 fully saturated rings. The van der Waals surface area contributed by atoms with E-state index in [9.17, 15) is 13.2 Å². The summed E-state index contributed by atoms with van der Waals surface area (Å²) in [4.78, 5) is 17.6. The Balaban J connectivity index is 1.40. The van der Waals surface area contributed by atoms with E-state index in [-0.39, 0.29) is 24.2 Å². The van der Waals surface area contributed by atoms with Crippen molar-refractivity contribution in [2.24, 2.45) is 5.92 Å². The topological polar surface area (TPSA) is 81.5 Å². The fourth-order valence-corrected chi connectivity index (χ4v) is 5.18. The van der Waals surface area contributed by atoms with Gasteiger partial charge in [-0.2, -0.15) is 0 Å². The van der Waals surface area contributed by atoms with Crippen molar-refractivity contribution in [3.8, 4) is 0 Å². The molecule has 120 valence electrons. The number of likely N-dealkylation sites (tertiary alicyclic amines) is 1. The third-order valence-electron chi connectivity index (χ3n) is 4.72. The standard InChI is InChI=1S/C14H19N3O4S/c18-13(11-1-2-11)17-7-14(8-17)9-22(19,20)12(6-21-14)5-16-4-3-15-10-16/h3-4,10-12H,1-2,5-9H2/t12-/m0/s1. The van der Waals surface area contributed by atoms with Crippen molar-refractivity contribution in [1.29, 1.82) is 0 Å². The van der Waals surface area contributed by atoms with E-state index < -0.39 is 20.7 Å². The molecule has 4 rings (SSSR count). The van der Waals surface area contributed by atoms with Crippen LogP contribution in [0.2, 0.25) is 0 Å². The Kier molecular flexibility index (Phi) is 3.09. The van der Waals surface area contributed by atoms with E-state index in [1.807, 2.05) is 0 Å². The van der Waals surface area contributed by atoms with E-state index in [0.29, 0.717) is 19.6 Å². The van der Waals surface area contributed by atoms with Crippen LogP contribution in [0.3, 0.4) is 0 Å². The van der Waals surface area contributed by atoms with E-state index in [4.69, 9.17) is 4.74 Å². The highest BCUT2D eigenvalue weighted by Crippen LogP contribution is 2.38. The van der Waals surface area contributed by atoms with Gasteiger partial charge in [-0.15, -0.1) is 0 Å². The molecule has 0 aromatic carbocycles. The van der Waals surface area contributed by atoms with Crippen molar-refractivity contribution in [2.75, 3.05) is 25.4 Å². The zero-order valence-electron chi connectivity index (χ0n) is 12.2.